The number of hydrogen-bond donors (Lipinski definition) is 1. The highest BCUT2D eigenvalue weighted by Gasteiger charge is 2.17. The quantitative estimate of drug-likeness (QED) is 0.883. The lowest BCUT2D eigenvalue weighted by Gasteiger charge is -2.30. The number of piperidine rings is 1. The highest BCUT2D eigenvalue weighted by molar-refractivity contribution is 5.85. The molecular weight excluding hydrogens is 240 g/mol. The van der Waals surface area contributed by atoms with Crippen LogP contribution >= 0.6 is 12.4 Å². The molecule has 5 nitrogen and oxygen atoms in total. The van der Waals surface area contributed by atoms with Crippen LogP contribution in [0.1, 0.15) is 19.8 Å². The van der Waals surface area contributed by atoms with E-state index in [1.54, 1.807) is 6.33 Å². The number of nitrogens with zero attached hydrogens (tertiary/aromatic N) is 3. The summed E-state index contributed by atoms with van der Waals surface area (Å²) in [5.74, 6) is 1.58. The summed E-state index contributed by atoms with van der Waals surface area (Å²) in [6.45, 7) is 4.50. The van der Waals surface area contributed by atoms with E-state index in [-0.39, 0.29) is 12.4 Å². The highest BCUT2D eigenvalue weighted by Crippen LogP contribution is 2.19. The predicted molar refractivity (Wildman–Crippen MR) is 69.9 cm³/mol. The van der Waals surface area contributed by atoms with Gasteiger partial charge in [0, 0.05) is 25.2 Å². The van der Waals surface area contributed by atoms with Gasteiger partial charge in [0.2, 0.25) is 5.88 Å². The van der Waals surface area contributed by atoms with Crippen molar-refractivity contribution in [3.05, 3.63) is 12.4 Å². The number of ether oxygens (including phenoxy) is 1. The molecule has 2 heterocycles. The zero-order chi connectivity index (χ0) is 11.4. The van der Waals surface area contributed by atoms with E-state index in [2.05, 4.69) is 14.9 Å². The summed E-state index contributed by atoms with van der Waals surface area (Å²) in [4.78, 5) is 10.5. The summed E-state index contributed by atoms with van der Waals surface area (Å²) < 4.78 is 5.36. The fourth-order valence-electron chi connectivity index (χ4n) is 1.86. The van der Waals surface area contributed by atoms with Gasteiger partial charge in [-0.3, -0.25) is 0 Å². The minimum absolute atomic E-state index is 0. The average molecular weight is 259 g/mol. The number of rotatable bonds is 3. The summed E-state index contributed by atoms with van der Waals surface area (Å²) in [6.07, 6.45) is 3.59. The van der Waals surface area contributed by atoms with E-state index >= 15 is 0 Å². The maximum atomic E-state index is 5.87. The Bertz CT molecular complexity index is 342. The molecule has 0 bridgehead atoms. The molecule has 0 saturated carbocycles. The van der Waals surface area contributed by atoms with Crippen molar-refractivity contribution in [3.63, 3.8) is 0 Å². The van der Waals surface area contributed by atoms with Crippen LogP contribution in [0.5, 0.6) is 5.88 Å². The van der Waals surface area contributed by atoms with Crippen LogP contribution in [0.15, 0.2) is 12.4 Å². The molecule has 0 amide bonds. The second kappa shape index (κ2) is 6.61. The lowest BCUT2D eigenvalue weighted by molar-refractivity contribution is 0.326. The zero-order valence-corrected chi connectivity index (χ0v) is 10.8. The van der Waals surface area contributed by atoms with Gasteiger partial charge in [0.25, 0.3) is 0 Å². The number of halogens is 1. The van der Waals surface area contributed by atoms with Gasteiger partial charge in [0.15, 0.2) is 0 Å². The number of hydrogen-bond acceptors (Lipinski definition) is 5. The molecule has 1 saturated heterocycles. The molecule has 1 aromatic rings. The first kappa shape index (κ1) is 14.0. The molecule has 1 aromatic heterocycles. The second-order valence-electron chi connectivity index (χ2n) is 3.97. The number of aromatic nitrogens is 2. The van der Waals surface area contributed by atoms with Gasteiger partial charge in [-0.15, -0.1) is 12.4 Å². The molecule has 1 aliphatic heterocycles. The fourth-order valence-corrected chi connectivity index (χ4v) is 1.86. The van der Waals surface area contributed by atoms with Crippen molar-refractivity contribution in [1.29, 1.82) is 0 Å². The van der Waals surface area contributed by atoms with E-state index in [1.807, 2.05) is 13.0 Å². The first-order valence-electron chi connectivity index (χ1n) is 5.75. The number of nitrogens with two attached hydrogens (primary N) is 1. The van der Waals surface area contributed by atoms with Crippen molar-refractivity contribution in [2.24, 2.45) is 5.73 Å². The van der Waals surface area contributed by atoms with Crippen LogP contribution in [-0.4, -0.2) is 35.7 Å². The van der Waals surface area contributed by atoms with Crippen LogP contribution in [-0.2, 0) is 0 Å². The van der Waals surface area contributed by atoms with E-state index in [4.69, 9.17) is 10.5 Å². The normalized spacial score (nSPS) is 16.5. The van der Waals surface area contributed by atoms with Gasteiger partial charge < -0.3 is 15.4 Å². The van der Waals surface area contributed by atoms with E-state index < -0.39 is 0 Å². The Labute approximate surface area is 108 Å². The molecule has 2 N–H and O–H groups in total. The van der Waals surface area contributed by atoms with Crippen LogP contribution < -0.4 is 15.4 Å². The molecule has 0 aliphatic carbocycles. The Hall–Kier alpha value is -1.07. The van der Waals surface area contributed by atoms with Gasteiger partial charge >= 0.3 is 0 Å². The monoisotopic (exact) mass is 258 g/mol. The third-order valence-electron chi connectivity index (χ3n) is 2.78. The Balaban J connectivity index is 0.00000144. The molecule has 0 atom stereocenters. The minimum atomic E-state index is 0. The Morgan fingerprint density at radius 3 is 2.76 bits per heavy atom. The third-order valence-corrected chi connectivity index (χ3v) is 2.78. The highest BCUT2D eigenvalue weighted by atomic mass is 35.5. The van der Waals surface area contributed by atoms with Gasteiger partial charge in [-0.2, -0.15) is 0 Å². The maximum Gasteiger partial charge on any atom is 0.218 e. The predicted octanol–water partition coefficient (Wildman–Crippen LogP) is 1.22. The molecule has 2 rings (SSSR count). The van der Waals surface area contributed by atoms with Crippen LogP contribution in [0, 0.1) is 0 Å². The molecule has 0 aromatic carbocycles. The van der Waals surface area contributed by atoms with Crippen LogP contribution in [0.4, 0.5) is 5.82 Å². The first-order chi connectivity index (χ1) is 7.79. The topological polar surface area (TPSA) is 64.3 Å². The molecule has 1 aliphatic rings. The van der Waals surface area contributed by atoms with Gasteiger partial charge in [0.05, 0.1) is 6.61 Å². The van der Waals surface area contributed by atoms with Crippen molar-refractivity contribution in [1.82, 2.24) is 9.97 Å². The van der Waals surface area contributed by atoms with Gasteiger partial charge in [0.1, 0.15) is 12.1 Å². The minimum Gasteiger partial charge on any atom is -0.478 e. The standard InChI is InChI=1S/C11H18N4O.ClH/c1-2-16-11-7-10(13-8-14-11)15-5-3-9(12)4-6-15;/h7-9H,2-6,12H2,1H3;1H. The Morgan fingerprint density at radius 1 is 1.41 bits per heavy atom. The molecule has 96 valence electrons. The van der Waals surface area contributed by atoms with Crippen molar-refractivity contribution in [2.45, 2.75) is 25.8 Å². The van der Waals surface area contributed by atoms with Gasteiger partial charge in [-0.25, -0.2) is 9.97 Å². The summed E-state index contributed by atoms with van der Waals surface area (Å²) in [5, 5.41) is 0. The molecule has 1 fully saturated rings. The van der Waals surface area contributed by atoms with Crippen molar-refractivity contribution >= 4 is 18.2 Å². The fraction of sp³-hybridized carbons (Fsp3) is 0.636. The summed E-state index contributed by atoms with van der Waals surface area (Å²) in [7, 11) is 0. The van der Waals surface area contributed by atoms with Crippen molar-refractivity contribution < 1.29 is 4.74 Å². The number of anilines is 1. The Morgan fingerprint density at radius 2 is 2.12 bits per heavy atom. The molecule has 6 heteroatoms. The lowest BCUT2D eigenvalue weighted by atomic mass is 10.1. The third kappa shape index (κ3) is 3.71. The van der Waals surface area contributed by atoms with Crippen LogP contribution in [0.3, 0.4) is 0 Å². The smallest absolute Gasteiger partial charge is 0.218 e. The summed E-state index contributed by atoms with van der Waals surface area (Å²) in [5.41, 5.74) is 5.87. The van der Waals surface area contributed by atoms with Gasteiger partial charge in [-0.1, -0.05) is 0 Å². The van der Waals surface area contributed by atoms with E-state index in [1.165, 1.54) is 0 Å². The second-order valence-corrected chi connectivity index (χ2v) is 3.97. The van der Waals surface area contributed by atoms with Crippen LogP contribution in [0.2, 0.25) is 0 Å². The zero-order valence-electron chi connectivity index (χ0n) is 10.0. The van der Waals surface area contributed by atoms with Crippen LogP contribution in [0.25, 0.3) is 0 Å². The molecule has 0 unspecified atom stereocenters. The maximum absolute atomic E-state index is 5.87. The SMILES string of the molecule is CCOc1cc(N2CCC(N)CC2)ncn1.Cl. The van der Waals surface area contributed by atoms with E-state index in [9.17, 15) is 0 Å². The molecule has 0 spiro atoms. The van der Waals surface area contributed by atoms with Crippen molar-refractivity contribution in [2.75, 3.05) is 24.6 Å². The van der Waals surface area contributed by atoms with E-state index in [0.717, 1.165) is 31.7 Å². The van der Waals surface area contributed by atoms with Gasteiger partial charge in [-0.05, 0) is 19.8 Å². The first-order valence-corrected chi connectivity index (χ1v) is 5.75. The molecular formula is C11H19ClN4O. The summed E-state index contributed by atoms with van der Waals surface area (Å²) >= 11 is 0. The average Bonchev–Trinajstić information content (AvgIpc) is 2.31. The largest absolute Gasteiger partial charge is 0.478 e. The Kier molecular flexibility index (Phi) is 5.44. The molecule has 17 heavy (non-hydrogen) atoms. The van der Waals surface area contributed by atoms with Crippen molar-refractivity contribution in [3.8, 4) is 5.88 Å². The summed E-state index contributed by atoms with van der Waals surface area (Å²) in [6, 6.07) is 2.23. The molecule has 0 radical (unpaired) electrons. The van der Waals surface area contributed by atoms with E-state index in [0.29, 0.717) is 18.5 Å². The lowest BCUT2D eigenvalue weighted by Crippen LogP contribution is -2.40.